The molecule has 0 N–H and O–H groups in total. The number of likely N-dealkylation sites (tertiary alicyclic amines) is 1. The number of piperidine rings is 1. The molecule has 1 aromatic carbocycles. The molecule has 0 aliphatic carbocycles. The molecule has 1 aliphatic heterocycles. The van der Waals surface area contributed by atoms with Crippen molar-refractivity contribution in [2.75, 3.05) is 12.0 Å². The smallest absolute Gasteiger partial charge is 0.226 e. The van der Waals surface area contributed by atoms with E-state index in [1.54, 1.807) is 0 Å². The van der Waals surface area contributed by atoms with Crippen LogP contribution in [0.25, 0.3) is 0 Å². The summed E-state index contributed by atoms with van der Waals surface area (Å²) < 4.78 is 0. The van der Waals surface area contributed by atoms with Crippen LogP contribution in [0.2, 0.25) is 5.02 Å². The van der Waals surface area contributed by atoms with Gasteiger partial charge in [0.1, 0.15) is 0 Å². The van der Waals surface area contributed by atoms with Crippen LogP contribution in [0.4, 0.5) is 0 Å². The molecule has 3 atom stereocenters. The highest BCUT2D eigenvalue weighted by Gasteiger charge is 2.38. The molecule has 2 nitrogen and oxygen atoms in total. The Bertz CT molecular complexity index is 531. The van der Waals surface area contributed by atoms with Gasteiger partial charge in [0.05, 0.1) is 6.04 Å². The molecule has 1 saturated heterocycles. The highest BCUT2D eigenvalue weighted by Crippen LogP contribution is 2.38. The maximum absolute atomic E-state index is 13.1. The lowest BCUT2D eigenvalue weighted by atomic mass is 9.85. The van der Waals surface area contributed by atoms with Gasteiger partial charge in [-0.3, -0.25) is 4.79 Å². The van der Waals surface area contributed by atoms with Crippen LogP contribution in [-0.2, 0) is 4.79 Å². The van der Waals surface area contributed by atoms with Gasteiger partial charge in [0.25, 0.3) is 0 Å². The van der Waals surface area contributed by atoms with Crippen molar-refractivity contribution in [1.29, 1.82) is 0 Å². The maximum atomic E-state index is 13.1. The first-order chi connectivity index (χ1) is 11.1. The lowest BCUT2D eigenvalue weighted by molar-refractivity contribution is -0.144. The maximum Gasteiger partial charge on any atom is 0.226 e. The summed E-state index contributed by atoms with van der Waals surface area (Å²) in [6.45, 7) is 5.98. The van der Waals surface area contributed by atoms with Gasteiger partial charge in [-0.05, 0) is 49.6 Å². The predicted molar refractivity (Wildman–Crippen MR) is 101 cm³/mol. The van der Waals surface area contributed by atoms with Crippen LogP contribution in [-0.4, -0.2) is 28.9 Å². The normalized spacial score (nSPS) is 22.9. The molecular weight excluding hydrogens is 326 g/mol. The number of thioether (sulfide) groups is 1. The van der Waals surface area contributed by atoms with Gasteiger partial charge in [0, 0.05) is 22.7 Å². The summed E-state index contributed by atoms with van der Waals surface area (Å²) in [7, 11) is 0. The van der Waals surface area contributed by atoms with Crippen LogP contribution in [0, 0.1) is 5.92 Å². The fraction of sp³-hybridized carbons (Fsp3) is 0.526. The number of amides is 1. The Morgan fingerprint density at radius 3 is 2.65 bits per heavy atom. The molecule has 1 amide bonds. The molecule has 0 spiro atoms. The van der Waals surface area contributed by atoms with Crippen LogP contribution in [0.1, 0.15) is 44.2 Å². The number of nitrogens with zero attached hydrogens (tertiary/aromatic N) is 1. The third-order valence-corrected chi connectivity index (χ3v) is 5.63. The standard InChI is InChI=1S/C19H26ClNOS/c1-4-6-15-9-12-18(14-7-10-16(20)11-8-14)21(19(15)22)17(5-2)13-23-3/h4,7-8,10-11,15,17-18H,1,5-6,9,12-13H2,2-3H3/t15?,17-,18?/m0/s1. The second-order valence-electron chi connectivity index (χ2n) is 6.13. The molecule has 2 unspecified atom stereocenters. The average molecular weight is 352 g/mol. The van der Waals surface area contributed by atoms with Gasteiger partial charge in [-0.25, -0.2) is 0 Å². The summed E-state index contributed by atoms with van der Waals surface area (Å²) in [5.74, 6) is 1.36. The molecular formula is C19H26ClNOS. The van der Waals surface area contributed by atoms with Gasteiger partial charge in [-0.1, -0.05) is 36.7 Å². The zero-order valence-electron chi connectivity index (χ0n) is 14.0. The molecule has 0 saturated carbocycles. The van der Waals surface area contributed by atoms with Crippen LogP contribution in [0.3, 0.4) is 0 Å². The minimum atomic E-state index is 0.0898. The van der Waals surface area contributed by atoms with E-state index in [1.165, 1.54) is 5.56 Å². The SMILES string of the molecule is C=CCC1CCC(c2ccc(Cl)cc2)N([C@@H](CC)CSC)C1=O. The fourth-order valence-electron chi connectivity index (χ4n) is 3.44. The van der Waals surface area contributed by atoms with Crippen molar-refractivity contribution in [1.82, 2.24) is 4.90 Å². The van der Waals surface area contributed by atoms with Crippen molar-refractivity contribution in [3.8, 4) is 0 Å². The molecule has 1 aliphatic rings. The van der Waals surface area contributed by atoms with Crippen LogP contribution >= 0.6 is 23.4 Å². The van der Waals surface area contributed by atoms with Crippen LogP contribution < -0.4 is 0 Å². The van der Waals surface area contributed by atoms with Gasteiger partial charge in [0.15, 0.2) is 0 Å². The number of benzene rings is 1. The topological polar surface area (TPSA) is 20.3 Å². The number of rotatable bonds is 7. The lowest BCUT2D eigenvalue weighted by Gasteiger charge is -2.44. The van der Waals surface area contributed by atoms with Crippen molar-refractivity contribution in [2.45, 2.75) is 44.7 Å². The number of hydrogen-bond donors (Lipinski definition) is 0. The summed E-state index contributed by atoms with van der Waals surface area (Å²) in [6, 6.07) is 8.42. The summed E-state index contributed by atoms with van der Waals surface area (Å²) in [5, 5.41) is 0.739. The van der Waals surface area contributed by atoms with Crippen molar-refractivity contribution >= 4 is 29.3 Å². The molecule has 0 bridgehead atoms. The molecule has 1 aromatic rings. The van der Waals surface area contributed by atoms with Gasteiger partial charge in [0.2, 0.25) is 5.91 Å². The van der Waals surface area contributed by atoms with Crippen LogP contribution in [0.15, 0.2) is 36.9 Å². The van der Waals surface area contributed by atoms with E-state index in [2.05, 4.69) is 36.8 Å². The molecule has 4 heteroatoms. The summed E-state index contributed by atoms with van der Waals surface area (Å²) in [5.41, 5.74) is 1.19. The zero-order chi connectivity index (χ0) is 16.8. The van der Waals surface area contributed by atoms with Gasteiger partial charge in [-0.15, -0.1) is 6.58 Å². The quantitative estimate of drug-likeness (QED) is 0.618. The van der Waals surface area contributed by atoms with E-state index in [-0.39, 0.29) is 23.9 Å². The zero-order valence-corrected chi connectivity index (χ0v) is 15.6. The molecule has 0 aromatic heterocycles. The van der Waals surface area contributed by atoms with Crippen molar-refractivity contribution in [3.63, 3.8) is 0 Å². The number of hydrogen-bond acceptors (Lipinski definition) is 2. The Labute approximate surface area is 149 Å². The second kappa shape index (κ2) is 8.79. The first kappa shape index (κ1) is 18.4. The predicted octanol–water partition coefficient (Wildman–Crippen LogP) is 5.34. The number of carbonyl (C=O) groups excluding carboxylic acids is 1. The Hall–Kier alpha value is -0.930. The summed E-state index contributed by atoms with van der Waals surface area (Å²) >= 11 is 7.83. The first-order valence-corrected chi connectivity index (χ1v) is 10.1. The van der Waals surface area contributed by atoms with E-state index < -0.39 is 0 Å². The van der Waals surface area contributed by atoms with E-state index in [4.69, 9.17) is 11.6 Å². The molecule has 0 radical (unpaired) electrons. The number of halogens is 1. The van der Waals surface area contributed by atoms with Crippen molar-refractivity contribution < 1.29 is 4.79 Å². The second-order valence-corrected chi connectivity index (χ2v) is 7.48. The highest BCUT2D eigenvalue weighted by molar-refractivity contribution is 7.98. The molecule has 1 fully saturated rings. The molecule has 2 rings (SSSR count). The Morgan fingerprint density at radius 2 is 2.09 bits per heavy atom. The third kappa shape index (κ3) is 4.33. The Balaban J connectivity index is 2.32. The van der Waals surface area contributed by atoms with Gasteiger partial charge in [-0.2, -0.15) is 11.8 Å². The van der Waals surface area contributed by atoms with Gasteiger partial charge < -0.3 is 4.90 Å². The fourth-order valence-corrected chi connectivity index (χ4v) is 4.35. The lowest BCUT2D eigenvalue weighted by Crippen LogP contribution is -2.49. The largest absolute Gasteiger partial charge is 0.332 e. The van der Waals surface area contributed by atoms with E-state index in [9.17, 15) is 4.79 Å². The van der Waals surface area contributed by atoms with Crippen LogP contribution in [0.5, 0.6) is 0 Å². The monoisotopic (exact) mass is 351 g/mol. The summed E-state index contributed by atoms with van der Waals surface area (Å²) in [6.07, 6.45) is 7.69. The molecule has 126 valence electrons. The van der Waals surface area contributed by atoms with Gasteiger partial charge >= 0.3 is 0 Å². The highest BCUT2D eigenvalue weighted by atomic mass is 35.5. The number of allylic oxidation sites excluding steroid dienone is 1. The Morgan fingerprint density at radius 1 is 1.39 bits per heavy atom. The number of carbonyl (C=O) groups is 1. The first-order valence-electron chi connectivity index (χ1n) is 8.29. The van der Waals surface area contributed by atoms with E-state index in [0.717, 1.165) is 36.5 Å². The average Bonchev–Trinajstić information content (AvgIpc) is 2.56. The van der Waals surface area contributed by atoms with Crippen molar-refractivity contribution in [2.24, 2.45) is 5.92 Å². The minimum Gasteiger partial charge on any atom is -0.332 e. The third-order valence-electron chi connectivity index (χ3n) is 4.66. The minimum absolute atomic E-state index is 0.0898. The van der Waals surface area contributed by atoms with E-state index in [0.29, 0.717) is 0 Å². The van der Waals surface area contributed by atoms with E-state index in [1.807, 2.05) is 30.0 Å². The molecule has 1 heterocycles. The summed E-state index contributed by atoms with van der Waals surface area (Å²) in [4.78, 5) is 15.2. The Kier molecular flexibility index (Phi) is 7.04. The van der Waals surface area contributed by atoms with E-state index >= 15 is 0 Å². The van der Waals surface area contributed by atoms with Crippen molar-refractivity contribution in [3.05, 3.63) is 47.5 Å². The molecule has 23 heavy (non-hydrogen) atoms.